The molecule has 0 radical (unpaired) electrons. The molecule has 0 saturated heterocycles. The highest BCUT2D eigenvalue weighted by Crippen LogP contribution is 2.23. The zero-order chi connectivity index (χ0) is 42.1. The van der Waals surface area contributed by atoms with Crippen molar-refractivity contribution in [2.45, 2.75) is 57.4 Å². The molecule has 0 unspecified atom stereocenters. The number of carbonyl (C=O) groups is 4. The van der Waals surface area contributed by atoms with Crippen LogP contribution in [-0.4, -0.2) is 54.4 Å². The lowest BCUT2D eigenvalue weighted by Gasteiger charge is -2.15. The maximum Gasteiger partial charge on any atom is 0.239 e. The van der Waals surface area contributed by atoms with E-state index in [1.807, 2.05) is 0 Å². The molecule has 4 aromatic rings. The summed E-state index contributed by atoms with van der Waals surface area (Å²) in [6.07, 6.45) is 3.62. The number of thioether (sulfide) groups is 1. The van der Waals surface area contributed by atoms with Crippen molar-refractivity contribution in [1.82, 2.24) is 10.6 Å². The van der Waals surface area contributed by atoms with Crippen LogP contribution in [0, 0.1) is 22.7 Å². The van der Waals surface area contributed by atoms with E-state index in [9.17, 15) is 19.2 Å². The summed E-state index contributed by atoms with van der Waals surface area (Å²) in [6.45, 7) is 0.717. The lowest BCUT2D eigenvalue weighted by molar-refractivity contribution is -0.127. The second kappa shape index (κ2) is 25.4. The molecule has 4 aromatic carbocycles. The number of unbranched alkanes of at least 4 members (excludes halogenated alkanes) is 2. The fourth-order valence-corrected chi connectivity index (χ4v) is 5.86. The standard InChI is InChI=1S/C43H45N9O6S/c44-28-31-9-13-33(14-10-31)49-51-35-17-21-37(22-18-35)57-25-3-1-7-40(53)47-30-42(55)59-27-5-6-39(43(46)56)48-41(54)8-2-4-26-58-38-23-19-36(20-24-38)52-50-34-15-11-32(29-45)12-16-34/h9-24,39H,1-8,25-27,30H2,(H2,46,56)(H,47,53)(H,48,54)/t39-/m0/s1. The van der Waals surface area contributed by atoms with Gasteiger partial charge < -0.3 is 25.8 Å². The number of primary amides is 1. The van der Waals surface area contributed by atoms with Gasteiger partial charge in [0.2, 0.25) is 22.8 Å². The van der Waals surface area contributed by atoms with Crippen molar-refractivity contribution < 1.29 is 28.7 Å². The van der Waals surface area contributed by atoms with Crippen molar-refractivity contribution in [3.05, 3.63) is 108 Å². The number of ether oxygens (including phenoxy) is 2. The molecular weight excluding hydrogens is 771 g/mol. The molecule has 0 fully saturated rings. The van der Waals surface area contributed by atoms with Gasteiger partial charge >= 0.3 is 0 Å². The Labute approximate surface area is 347 Å². The van der Waals surface area contributed by atoms with Gasteiger partial charge in [-0.3, -0.25) is 19.2 Å². The number of azo groups is 2. The number of nitriles is 2. The van der Waals surface area contributed by atoms with Crippen LogP contribution < -0.4 is 25.8 Å². The number of rotatable bonds is 24. The lowest BCUT2D eigenvalue weighted by atomic mass is 10.1. The molecular formula is C43H45N9O6S. The Bertz CT molecular complexity index is 2110. The first-order valence-corrected chi connectivity index (χ1v) is 20.0. The van der Waals surface area contributed by atoms with Crippen LogP contribution in [0.15, 0.2) is 118 Å². The molecule has 4 N–H and O–H groups in total. The molecule has 0 aliphatic heterocycles. The van der Waals surface area contributed by atoms with Crippen molar-refractivity contribution in [3.63, 3.8) is 0 Å². The summed E-state index contributed by atoms with van der Waals surface area (Å²) < 4.78 is 11.5. The minimum atomic E-state index is -0.845. The van der Waals surface area contributed by atoms with Gasteiger partial charge in [0.05, 0.1) is 65.8 Å². The maximum absolute atomic E-state index is 12.5. The molecule has 15 nitrogen and oxygen atoms in total. The van der Waals surface area contributed by atoms with Gasteiger partial charge in [-0.25, -0.2) is 0 Å². The minimum Gasteiger partial charge on any atom is -0.494 e. The van der Waals surface area contributed by atoms with Crippen molar-refractivity contribution in [2.75, 3.05) is 25.5 Å². The van der Waals surface area contributed by atoms with E-state index in [1.165, 1.54) is 0 Å². The first kappa shape index (κ1) is 44.8. The van der Waals surface area contributed by atoms with Gasteiger partial charge in [-0.05, 0) is 136 Å². The lowest BCUT2D eigenvalue weighted by Crippen LogP contribution is -2.44. The summed E-state index contributed by atoms with van der Waals surface area (Å²) >= 11 is 1.05. The molecule has 0 aromatic heterocycles. The quantitative estimate of drug-likeness (QED) is 0.0456. The van der Waals surface area contributed by atoms with Crippen LogP contribution in [0.3, 0.4) is 0 Å². The molecule has 0 aliphatic rings. The largest absolute Gasteiger partial charge is 0.494 e. The van der Waals surface area contributed by atoms with E-state index < -0.39 is 11.9 Å². The van der Waals surface area contributed by atoms with E-state index in [-0.39, 0.29) is 42.7 Å². The molecule has 3 amide bonds. The zero-order valence-corrected chi connectivity index (χ0v) is 33.2. The van der Waals surface area contributed by atoms with Crippen molar-refractivity contribution in [1.29, 1.82) is 10.5 Å². The zero-order valence-electron chi connectivity index (χ0n) is 32.4. The van der Waals surface area contributed by atoms with E-state index >= 15 is 0 Å². The minimum absolute atomic E-state index is 0.104. The molecule has 0 bridgehead atoms. The number of nitrogens with one attached hydrogen (secondary N) is 2. The SMILES string of the molecule is N#Cc1ccc(N=Nc2ccc(OCCCCC(=O)NCC(=O)SCCC[C@H](NC(=O)CCCCOc3ccc(N=Nc4ccc(C#N)cc4)cc3)C(N)=O)cc2)cc1. The number of carbonyl (C=O) groups excluding carboxylic acids is 4. The van der Waals surface area contributed by atoms with Crippen molar-refractivity contribution in [3.8, 4) is 23.6 Å². The van der Waals surface area contributed by atoms with E-state index in [0.29, 0.717) is 96.4 Å². The molecule has 1 atom stereocenters. The Morgan fingerprint density at radius 3 is 1.46 bits per heavy atom. The second-order valence-electron chi connectivity index (χ2n) is 13.0. The normalized spacial score (nSPS) is 11.4. The Morgan fingerprint density at radius 1 is 0.610 bits per heavy atom. The number of nitrogens with two attached hydrogens (primary N) is 1. The highest BCUT2D eigenvalue weighted by molar-refractivity contribution is 8.13. The summed E-state index contributed by atoms with van der Waals surface area (Å²) in [5.74, 6) is 0.562. The first-order chi connectivity index (χ1) is 28.7. The summed E-state index contributed by atoms with van der Waals surface area (Å²) in [5, 5.41) is 39.6. The third-order valence-corrected chi connectivity index (χ3v) is 9.33. The topological polar surface area (TPSA) is 234 Å². The molecule has 0 heterocycles. The average molecular weight is 816 g/mol. The fourth-order valence-electron chi connectivity index (χ4n) is 5.15. The van der Waals surface area contributed by atoms with Gasteiger partial charge in [-0.15, -0.1) is 0 Å². The summed E-state index contributed by atoms with van der Waals surface area (Å²) in [7, 11) is 0. The third kappa shape index (κ3) is 17.8. The van der Waals surface area contributed by atoms with Crippen LogP contribution in [0.5, 0.6) is 11.5 Å². The van der Waals surface area contributed by atoms with Gasteiger partial charge in [0.15, 0.2) is 0 Å². The number of hydrogen-bond acceptors (Lipinski definition) is 13. The number of nitrogens with zero attached hydrogens (tertiary/aromatic N) is 6. The predicted molar refractivity (Wildman–Crippen MR) is 223 cm³/mol. The number of benzene rings is 4. The van der Waals surface area contributed by atoms with Crippen LogP contribution >= 0.6 is 11.8 Å². The third-order valence-electron chi connectivity index (χ3n) is 8.37. The first-order valence-electron chi connectivity index (χ1n) is 19.0. The molecule has 0 spiro atoms. The Hall–Kier alpha value is -6.91. The summed E-state index contributed by atoms with van der Waals surface area (Å²) in [5.41, 5.74) is 9.19. The Balaban J connectivity index is 0.987. The van der Waals surface area contributed by atoms with Gasteiger partial charge in [0.25, 0.3) is 0 Å². The smallest absolute Gasteiger partial charge is 0.239 e. The molecule has 59 heavy (non-hydrogen) atoms. The molecule has 4 rings (SSSR count). The van der Waals surface area contributed by atoms with Gasteiger partial charge in [0, 0.05) is 18.6 Å². The second-order valence-corrected chi connectivity index (χ2v) is 14.1. The van der Waals surface area contributed by atoms with E-state index in [0.717, 1.165) is 11.8 Å². The fraction of sp³-hybridized carbons (Fsp3) is 0.302. The van der Waals surface area contributed by atoms with Crippen LogP contribution in [-0.2, 0) is 19.2 Å². The summed E-state index contributed by atoms with van der Waals surface area (Å²) in [4.78, 5) is 48.9. The van der Waals surface area contributed by atoms with Crippen LogP contribution in [0.25, 0.3) is 0 Å². The van der Waals surface area contributed by atoms with Gasteiger partial charge in [-0.2, -0.15) is 31.0 Å². The number of hydrogen-bond donors (Lipinski definition) is 3. The molecule has 0 aliphatic carbocycles. The summed E-state index contributed by atoms with van der Waals surface area (Å²) in [6, 6.07) is 31.1. The molecule has 0 saturated carbocycles. The van der Waals surface area contributed by atoms with Crippen molar-refractivity contribution in [2.24, 2.45) is 26.2 Å². The monoisotopic (exact) mass is 815 g/mol. The van der Waals surface area contributed by atoms with Gasteiger partial charge in [0.1, 0.15) is 17.5 Å². The highest BCUT2D eigenvalue weighted by atomic mass is 32.2. The Kier molecular flexibility index (Phi) is 19.3. The van der Waals surface area contributed by atoms with Crippen molar-refractivity contribution >= 4 is 57.3 Å². The van der Waals surface area contributed by atoms with Crippen LogP contribution in [0.1, 0.15) is 62.5 Å². The van der Waals surface area contributed by atoms with E-state index in [4.69, 9.17) is 25.7 Å². The van der Waals surface area contributed by atoms with Gasteiger partial charge in [-0.1, -0.05) is 11.8 Å². The van der Waals surface area contributed by atoms with Crippen LogP contribution in [0.4, 0.5) is 22.7 Å². The molecule has 16 heteroatoms. The maximum atomic E-state index is 12.5. The highest BCUT2D eigenvalue weighted by Gasteiger charge is 2.18. The van der Waals surface area contributed by atoms with Crippen LogP contribution in [0.2, 0.25) is 0 Å². The number of amides is 3. The Morgan fingerprint density at radius 2 is 1.03 bits per heavy atom. The predicted octanol–water partition coefficient (Wildman–Crippen LogP) is 8.19. The molecule has 304 valence electrons. The van der Waals surface area contributed by atoms with E-state index in [2.05, 4.69) is 43.2 Å². The van der Waals surface area contributed by atoms with E-state index in [1.54, 1.807) is 97.1 Å². The average Bonchev–Trinajstić information content (AvgIpc) is 3.26.